The summed E-state index contributed by atoms with van der Waals surface area (Å²) in [5, 5.41) is 2.78. The van der Waals surface area contributed by atoms with Gasteiger partial charge in [0.05, 0.1) is 17.7 Å². The SMILES string of the molecule is O=C(CCCc1ncc(-c2ccccc2)o1)N[C@@H]1CCS(=O)(=O)C1. The van der Waals surface area contributed by atoms with E-state index in [1.54, 1.807) is 6.20 Å². The topological polar surface area (TPSA) is 89.3 Å². The highest BCUT2D eigenvalue weighted by atomic mass is 32.2. The molecule has 7 heteroatoms. The van der Waals surface area contributed by atoms with Crippen molar-refractivity contribution in [2.75, 3.05) is 11.5 Å². The van der Waals surface area contributed by atoms with Crippen LogP contribution in [-0.4, -0.2) is 36.9 Å². The minimum atomic E-state index is -2.97. The monoisotopic (exact) mass is 348 g/mol. The van der Waals surface area contributed by atoms with E-state index in [0.717, 1.165) is 5.56 Å². The summed E-state index contributed by atoms with van der Waals surface area (Å²) in [5.41, 5.74) is 0.969. The van der Waals surface area contributed by atoms with E-state index in [0.29, 0.717) is 37.3 Å². The van der Waals surface area contributed by atoms with Gasteiger partial charge in [0, 0.05) is 24.4 Å². The molecule has 3 rings (SSSR count). The Labute approximate surface area is 141 Å². The van der Waals surface area contributed by atoms with Crippen LogP contribution in [0.1, 0.15) is 25.2 Å². The van der Waals surface area contributed by atoms with Gasteiger partial charge in [-0.05, 0) is 12.8 Å². The van der Waals surface area contributed by atoms with Crippen LogP contribution in [0.5, 0.6) is 0 Å². The molecule has 0 aliphatic carbocycles. The van der Waals surface area contributed by atoms with Crippen LogP contribution in [0, 0.1) is 0 Å². The van der Waals surface area contributed by atoms with Crippen LogP contribution in [0.25, 0.3) is 11.3 Å². The third kappa shape index (κ3) is 4.44. The fourth-order valence-electron chi connectivity index (χ4n) is 2.77. The first-order valence-electron chi connectivity index (χ1n) is 8.02. The van der Waals surface area contributed by atoms with Gasteiger partial charge in [0.15, 0.2) is 21.5 Å². The number of rotatable bonds is 6. The zero-order valence-electron chi connectivity index (χ0n) is 13.3. The summed E-state index contributed by atoms with van der Waals surface area (Å²) in [6, 6.07) is 9.47. The van der Waals surface area contributed by atoms with Gasteiger partial charge in [-0.2, -0.15) is 0 Å². The molecule has 1 saturated heterocycles. The third-order valence-electron chi connectivity index (χ3n) is 4.00. The summed E-state index contributed by atoms with van der Waals surface area (Å²) >= 11 is 0. The molecular weight excluding hydrogens is 328 g/mol. The Morgan fingerprint density at radius 2 is 2.08 bits per heavy atom. The maximum absolute atomic E-state index is 11.9. The molecule has 24 heavy (non-hydrogen) atoms. The van der Waals surface area contributed by atoms with Crippen molar-refractivity contribution in [3.63, 3.8) is 0 Å². The number of benzene rings is 1. The van der Waals surface area contributed by atoms with E-state index in [9.17, 15) is 13.2 Å². The van der Waals surface area contributed by atoms with Gasteiger partial charge >= 0.3 is 0 Å². The van der Waals surface area contributed by atoms with E-state index in [-0.39, 0.29) is 23.5 Å². The van der Waals surface area contributed by atoms with E-state index in [1.807, 2.05) is 30.3 Å². The lowest BCUT2D eigenvalue weighted by Crippen LogP contribution is -2.35. The van der Waals surface area contributed by atoms with Crippen molar-refractivity contribution in [3.05, 3.63) is 42.4 Å². The average molecular weight is 348 g/mol. The predicted octanol–water partition coefficient (Wildman–Crippen LogP) is 1.97. The van der Waals surface area contributed by atoms with Crippen molar-refractivity contribution in [3.8, 4) is 11.3 Å². The lowest BCUT2D eigenvalue weighted by Gasteiger charge is -2.10. The van der Waals surface area contributed by atoms with Crippen molar-refractivity contribution < 1.29 is 17.6 Å². The molecule has 1 aliphatic heterocycles. The molecule has 1 fully saturated rings. The molecule has 1 N–H and O–H groups in total. The van der Waals surface area contributed by atoms with Crippen molar-refractivity contribution in [2.45, 2.75) is 31.7 Å². The lowest BCUT2D eigenvalue weighted by molar-refractivity contribution is -0.121. The fourth-order valence-corrected chi connectivity index (χ4v) is 4.44. The van der Waals surface area contributed by atoms with Crippen molar-refractivity contribution in [1.29, 1.82) is 0 Å². The molecule has 0 bridgehead atoms. The standard InChI is InChI=1S/C17H20N2O4S/c20-16(19-14-9-10-24(21,22)12-14)7-4-8-17-18-11-15(23-17)13-5-2-1-3-6-13/h1-3,5-6,11,14H,4,7-10,12H2,(H,19,20)/t14-/m1/s1. The van der Waals surface area contributed by atoms with Crippen LogP contribution < -0.4 is 5.32 Å². The van der Waals surface area contributed by atoms with Gasteiger partial charge in [-0.3, -0.25) is 4.79 Å². The zero-order chi connectivity index (χ0) is 17.0. The molecule has 6 nitrogen and oxygen atoms in total. The predicted molar refractivity (Wildman–Crippen MR) is 90.1 cm³/mol. The second kappa shape index (κ2) is 7.17. The van der Waals surface area contributed by atoms with Crippen molar-refractivity contribution in [1.82, 2.24) is 10.3 Å². The molecule has 128 valence electrons. The Bertz CT molecular complexity index is 799. The number of aromatic nitrogens is 1. The summed E-state index contributed by atoms with van der Waals surface area (Å²) in [6.45, 7) is 0. The first kappa shape index (κ1) is 16.7. The molecule has 2 heterocycles. The van der Waals surface area contributed by atoms with Crippen LogP contribution >= 0.6 is 0 Å². The minimum absolute atomic E-state index is 0.0545. The number of amides is 1. The van der Waals surface area contributed by atoms with Gasteiger partial charge in [-0.15, -0.1) is 0 Å². The first-order chi connectivity index (χ1) is 11.5. The number of nitrogens with one attached hydrogen (secondary N) is 1. The van der Waals surface area contributed by atoms with E-state index in [2.05, 4.69) is 10.3 Å². The fraction of sp³-hybridized carbons (Fsp3) is 0.412. The maximum Gasteiger partial charge on any atom is 0.220 e. The van der Waals surface area contributed by atoms with Crippen LogP contribution in [0.2, 0.25) is 0 Å². The smallest absolute Gasteiger partial charge is 0.220 e. The molecule has 0 unspecified atom stereocenters. The Morgan fingerprint density at radius 1 is 1.29 bits per heavy atom. The molecular formula is C17H20N2O4S. The largest absolute Gasteiger partial charge is 0.441 e. The first-order valence-corrected chi connectivity index (χ1v) is 9.84. The molecule has 1 aromatic carbocycles. The van der Waals surface area contributed by atoms with Crippen LogP contribution in [0.15, 0.2) is 40.9 Å². The zero-order valence-corrected chi connectivity index (χ0v) is 14.1. The normalized spacial score (nSPS) is 19.2. The number of nitrogens with zero attached hydrogens (tertiary/aromatic N) is 1. The molecule has 2 aromatic rings. The van der Waals surface area contributed by atoms with E-state index >= 15 is 0 Å². The average Bonchev–Trinajstić information content (AvgIpc) is 3.15. The number of sulfone groups is 1. The van der Waals surface area contributed by atoms with Gasteiger partial charge in [-0.25, -0.2) is 13.4 Å². The number of oxazole rings is 1. The van der Waals surface area contributed by atoms with Crippen LogP contribution in [0.3, 0.4) is 0 Å². The van der Waals surface area contributed by atoms with Gasteiger partial charge in [0.25, 0.3) is 0 Å². The second-order valence-electron chi connectivity index (χ2n) is 6.01. The Balaban J connectivity index is 1.44. The van der Waals surface area contributed by atoms with E-state index in [1.165, 1.54) is 0 Å². The van der Waals surface area contributed by atoms with Crippen LogP contribution in [-0.2, 0) is 21.1 Å². The molecule has 1 aliphatic rings. The quantitative estimate of drug-likeness (QED) is 0.862. The molecule has 0 radical (unpaired) electrons. The van der Waals surface area contributed by atoms with Gasteiger partial charge in [-0.1, -0.05) is 30.3 Å². The molecule has 1 aromatic heterocycles. The lowest BCUT2D eigenvalue weighted by atomic mass is 10.2. The molecule has 1 atom stereocenters. The summed E-state index contributed by atoms with van der Waals surface area (Å²) in [5.74, 6) is 1.42. The third-order valence-corrected chi connectivity index (χ3v) is 5.77. The van der Waals surface area contributed by atoms with Gasteiger partial charge in [0.1, 0.15) is 0 Å². The number of carbonyl (C=O) groups is 1. The van der Waals surface area contributed by atoms with Gasteiger partial charge < -0.3 is 9.73 Å². The Kier molecular flexibility index (Phi) is 4.99. The van der Waals surface area contributed by atoms with Crippen molar-refractivity contribution >= 4 is 15.7 Å². The van der Waals surface area contributed by atoms with E-state index in [4.69, 9.17) is 4.42 Å². The van der Waals surface area contributed by atoms with Gasteiger partial charge in [0.2, 0.25) is 5.91 Å². The van der Waals surface area contributed by atoms with Crippen LogP contribution in [0.4, 0.5) is 0 Å². The highest BCUT2D eigenvalue weighted by Crippen LogP contribution is 2.20. The second-order valence-corrected chi connectivity index (χ2v) is 8.23. The number of hydrogen-bond donors (Lipinski definition) is 1. The molecule has 1 amide bonds. The number of hydrogen-bond acceptors (Lipinski definition) is 5. The number of carbonyl (C=O) groups excluding carboxylic acids is 1. The maximum atomic E-state index is 11.9. The summed E-state index contributed by atoms with van der Waals surface area (Å²) in [4.78, 5) is 16.1. The summed E-state index contributed by atoms with van der Waals surface area (Å²) < 4.78 is 28.4. The Hall–Kier alpha value is -2.15. The minimum Gasteiger partial charge on any atom is -0.441 e. The summed E-state index contributed by atoms with van der Waals surface area (Å²) in [7, 11) is -2.97. The number of aryl methyl sites for hydroxylation is 1. The Morgan fingerprint density at radius 3 is 2.79 bits per heavy atom. The molecule has 0 spiro atoms. The van der Waals surface area contributed by atoms with E-state index < -0.39 is 9.84 Å². The summed E-state index contributed by atoms with van der Waals surface area (Å²) in [6.07, 6.45) is 3.71. The van der Waals surface area contributed by atoms with Crippen molar-refractivity contribution in [2.24, 2.45) is 0 Å². The highest BCUT2D eigenvalue weighted by Gasteiger charge is 2.28. The molecule has 0 saturated carbocycles. The highest BCUT2D eigenvalue weighted by molar-refractivity contribution is 7.91.